The first-order valence-electron chi connectivity index (χ1n) is 10.6. The van der Waals surface area contributed by atoms with E-state index in [2.05, 4.69) is 27.1 Å². The zero-order valence-electron chi connectivity index (χ0n) is 18.0. The number of amides is 1. The van der Waals surface area contributed by atoms with Gasteiger partial charge in [0.15, 0.2) is 5.82 Å². The number of likely N-dealkylation sites (N-methyl/N-ethyl adjacent to an activating group) is 1. The van der Waals surface area contributed by atoms with Gasteiger partial charge in [0.25, 0.3) is 5.91 Å². The molecule has 1 fully saturated rings. The summed E-state index contributed by atoms with van der Waals surface area (Å²) in [5.74, 6) is 1.34. The maximum absolute atomic E-state index is 13.0. The average molecular weight is 441 g/mol. The number of anilines is 1. The number of carbonyl (C=O) groups excluding carboxylic acids is 1. The smallest absolute Gasteiger partial charge is 0.252 e. The van der Waals surface area contributed by atoms with Crippen LogP contribution in [0.15, 0.2) is 29.8 Å². The maximum Gasteiger partial charge on any atom is 0.252 e. The van der Waals surface area contributed by atoms with Crippen LogP contribution in [0.5, 0.6) is 0 Å². The van der Waals surface area contributed by atoms with E-state index in [-0.39, 0.29) is 5.91 Å². The average Bonchev–Trinajstić information content (AvgIpc) is 3.24. The second kappa shape index (κ2) is 10.1. The number of pyridine rings is 1. The van der Waals surface area contributed by atoms with Gasteiger partial charge in [0.05, 0.1) is 10.9 Å². The van der Waals surface area contributed by atoms with Crippen LogP contribution < -0.4 is 10.2 Å². The molecule has 0 unspecified atom stereocenters. The lowest BCUT2D eigenvalue weighted by molar-refractivity contribution is 0.0953. The van der Waals surface area contributed by atoms with E-state index in [0.29, 0.717) is 24.5 Å². The SMILES string of the molecule is COCCCCNC(=O)c1csc2nc(-c3ccccn3)nc(N3CCN(C)CC3)c12. The van der Waals surface area contributed by atoms with Crippen LogP contribution in [-0.2, 0) is 4.74 Å². The molecule has 1 saturated heterocycles. The lowest BCUT2D eigenvalue weighted by Gasteiger charge is -2.33. The third-order valence-corrected chi connectivity index (χ3v) is 6.29. The van der Waals surface area contributed by atoms with Crippen LogP contribution in [0.2, 0.25) is 0 Å². The van der Waals surface area contributed by atoms with Gasteiger partial charge in [0.1, 0.15) is 16.3 Å². The number of nitrogens with zero attached hydrogens (tertiary/aromatic N) is 5. The van der Waals surface area contributed by atoms with Crippen LogP contribution in [0.4, 0.5) is 5.82 Å². The van der Waals surface area contributed by atoms with Crippen molar-refractivity contribution in [1.82, 2.24) is 25.2 Å². The first-order valence-corrected chi connectivity index (χ1v) is 11.5. The molecule has 31 heavy (non-hydrogen) atoms. The summed E-state index contributed by atoms with van der Waals surface area (Å²) in [7, 11) is 3.81. The van der Waals surface area contributed by atoms with Crippen LogP contribution in [0.3, 0.4) is 0 Å². The van der Waals surface area contributed by atoms with Crippen molar-refractivity contribution in [3.05, 3.63) is 35.3 Å². The molecule has 0 bridgehead atoms. The van der Waals surface area contributed by atoms with Gasteiger partial charge in [-0.15, -0.1) is 11.3 Å². The number of carbonyl (C=O) groups is 1. The van der Waals surface area contributed by atoms with Crippen molar-refractivity contribution in [2.24, 2.45) is 0 Å². The Labute approximate surface area is 186 Å². The van der Waals surface area contributed by atoms with Crippen molar-refractivity contribution in [3.8, 4) is 11.5 Å². The topological polar surface area (TPSA) is 83.5 Å². The maximum atomic E-state index is 13.0. The van der Waals surface area contributed by atoms with E-state index in [1.165, 1.54) is 11.3 Å². The standard InChI is InChI=1S/C22H28N6O2S/c1-27-10-12-28(13-11-27)20-18-16(21(29)24-9-5-6-14-30-2)15-31-22(18)26-19(25-20)17-7-3-4-8-23-17/h3-4,7-8,15H,5-6,9-14H2,1-2H3,(H,24,29). The Morgan fingerprint density at radius 3 is 2.77 bits per heavy atom. The predicted molar refractivity (Wildman–Crippen MR) is 124 cm³/mol. The molecule has 0 radical (unpaired) electrons. The lowest BCUT2D eigenvalue weighted by Crippen LogP contribution is -2.45. The van der Waals surface area contributed by atoms with Crippen molar-refractivity contribution >= 4 is 33.3 Å². The summed E-state index contributed by atoms with van der Waals surface area (Å²) in [6.45, 7) is 4.95. The Morgan fingerprint density at radius 1 is 1.19 bits per heavy atom. The van der Waals surface area contributed by atoms with Crippen molar-refractivity contribution in [2.45, 2.75) is 12.8 Å². The molecular formula is C22H28N6O2S. The highest BCUT2D eigenvalue weighted by molar-refractivity contribution is 7.17. The molecule has 4 heterocycles. The molecule has 1 aliphatic heterocycles. The number of unbranched alkanes of at least 4 members (excludes halogenated alkanes) is 1. The Kier molecular flexibility index (Phi) is 7.06. The zero-order chi connectivity index (χ0) is 21.6. The number of hydrogen-bond acceptors (Lipinski definition) is 8. The van der Waals surface area contributed by atoms with Crippen LogP contribution in [0, 0.1) is 0 Å². The van der Waals surface area contributed by atoms with Gasteiger partial charge in [-0.3, -0.25) is 9.78 Å². The first-order chi connectivity index (χ1) is 15.2. The fourth-order valence-electron chi connectivity index (χ4n) is 3.62. The van der Waals surface area contributed by atoms with Gasteiger partial charge in [-0.05, 0) is 32.0 Å². The summed E-state index contributed by atoms with van der Waals surface area (Å²) in [5, 5.41) is 5.77. The normalized spacial score (nSPS) is 14.8. The van der Waals surface area contributed by atoms with Gasteiger partial charge < -0.3 is 19.9 Å². The molecule has 9 heteroatoms. The fraction of sp³-hybridized carbons (Fsp3) is 0.455. The lowest BCUT2D eigenvalue weighted by atomic mass is 10.2. The Balaban J connectivity index is 1.68. The molecule has 4 rings (SSSR count). The predicted octanol–water partition coefficient (Wildman–Crippen LogP) is 2.66. The number of thiophene rings is 1. The van der Waals surface area contributed by atoms with Crippen LogP contribution >= 0.6 is 11.3 Å². The third kappa shape index (κ3) is 5.00. The minimum absolute atomic E-state index is 0.0757. The molecule has 8 nitrogen and oxygen atoms in total. The van der Waals surface area contributed by atoms with E-state index >= 15 is 0 Å². The van der Waals surface area contributed by atoms with Crippen molar-refractivity contribution in [1.29, 1.82) is 0 Å². The number of ether oxygens (including phenoxy) is 1. The summed E-state index contributed by atoms with van der Waals surface area (Å²) in [5.41, 5.74) is 1.38. The molecule has 0 atom stereocenters. The molecule has 3 aromatic rings. The van der Waals surface area contributed by atoms with Crippen LogP contribution in [-0.4, -0.2) is 79.2 Å². The second-order valence-corrected chi connectivity index (χ2v) is 8.52. The number of fused-ring (bicyclic) bond motifs is 1. The van der Waals surface area contributed by atoms with Gasteiger partial charge in [-0.25, -0.2) is 9.97 Å². The van der Waals surface area contributed by atoms with Crippen molar-refractivity contribution in [2.75, 3.05) is 58.4 Å². The number of nitrogens with one attached hydrogen (secondary N) is 1. The van der Waals surface area contributed by atoms with Gasteiger partial charge in [-0.2, -0.15) is 0 Å². The number of hydrogen-bond donors (Lipinski definition) is 1. The van der Waals surface area contributed by atoms with Gasteiger partial charge >= 0.3 is 0 Å². The molecule has 164 valence electrons. The zero-order valence-corrected chi connectivity index (χ0v) is 18.8. The van der Waals surface area contributed by atoms with Gasteiger partial charge in [0, 0.05) is 58.0 Å². The summed E-state index contributed by atoms with van der Waals surface area (Å²) in [6.07, 6.45) is 3.55. The summed E-state index contributed by atoms with van der Waals surface area (Å²) < 4.78 is 5.08. The quantitative estimate of drug-likeness (QED) is 0.539. The molecule has 0 aromatic carbocycles. The fourth-order valence-corrected chi connectivity index (χ4v) is 4.53. The highest BCUT2D eigenvalue weighted by Crippen LogP contribution is 2.34. The largest absolute Gasteiger partial charge is 0.385 e. The number of piperazine rings is 1. The van der Waals surface area contributed by atoms with Gasteiger partial charge in [-0.1, -0.05) is 6.07 Å². The van der Waals surface area contributed by atoms with Crippen molar-refractivity contribution in [3.63, 3.8) is 0 Å². The van der Waals surface area contributed by atoms with Crippen LogP contribution in [0.1, 0.15) is 23.2 Å². The van der Waals surface area contributed by atoms with E-state index in [0.717, 1.165) is 60.7 Å². The van der Waals surface area contributed by atoms with E-state index in [9.17, 15) is 4.79 Å². The first kappa shape index (κ1) is 21.6. The molecule has 3 aromatic heterocycles. The highest BCUT2D eigenvalue weighted by atomic mass is 32.1. The highest BCUT2D eigenvalue weighted by Gasteiger charge is 2.24. The molecule has 0 saturated carbocycles. The van der Waals surface area contributed by atoms with Crippen molar-refractivity contribution < 1.29 is 9.53 Å². The van der Waals surface area contributed by atoms with E-state index < -0.39 is 0 Å². The molecule has 0 spiro atoms. The molecule has 1 N–H and O–H groups in total. The molecule has 0 aliphatic carbocycles. The minimum atomic E-state index is -0.0757. The number of rotatable bonds is 8. The van der Waals surface area contributed by atoms with E-state index in [1.807, 2.05) is 23.6 Å². The Bertz CT molecular complexity index is 1020. The van der Waals surface area contributed by atoms with Gasteiger partial charge in [0.2, 0.25) is 0 Å². The number of methoxy groups -OCH3 is 1. The molecular weight excluding hydrogens is 412 g/mol. The van der Waals surface area contributed by atoms with Crippen LogP contribution in [0.25, 0.3) is 21.7 Å². The summed E-state index contributed by atoms with van der Waals surface area (Å²) in [6, 6.07) is 5.72. The Hall–Kier alpha value is -2.62. The minimum Gasteiger partial charge on any atom is -0.385 e. The summed E-state index contributed by atoms with van der Waals surface area (Å²) in [4.78, 5) is 32.4. The third-order valence-electron chi connectivity index (χ3n) is 5.42. The second-order valence-electron chi connectivity index (χ2n) is 7.66. The summed E-state index contributed by atoms with van der Waals surface area (Å²) >= 11 is 1.48. The molecule has 1 aliphatic rings. The monoisotopic (exact) mass is 440 g/mol. The Morgan fingerprint density at radius 2 is 2.03 bits per heavy atom. The molecule has 1 amide bonds. The van der Waals surface area contributed by atoms with E-state index in [1.54, 1.807) is 13.3 Å². The van der Waals surface area contributed by atoms with E-state index in [4.69, 9.17) is 14.7 Å². The number of aromatic nitrogens is 3.